The Kier molecular flexibility index (Phi) is 4.45. The van der Waals surface area contributed by atoms with Gasteiger partial charge in [-0.1, -0.05) is 0 Å². The Morgan fingerprint density at radius 1 is 1.11 bits per heavy atom. The largest absolute Gasteiger partial charge is 0.383 e. The summed E-state index contributed by atoms with van der Waals surface area (Å²) in [5.74, 6) is 4.03. The maximum Gasteiger partial charge on any atom is 0.0615 e. The minimum Gasteiger partial charge on any atom is -0.383 e. The summed E-state index contributed by atoms with van der Waals surface area (Å²) >= 11 is 0. The lowest BCUT2D eigenvalue weighted by molar-refractivity contribution is -0.0217. The summed E-state index contributed by atoms with van der Waals surface area (Å²) in [5, 5.41) is 3.95. The van der Waals surface area contributed by atoms with Crippen molar-refractivity contribution in [1.82, 2.24) is 5.32 Å². The van der Waals surface area contributed by atoms with E-state index in [1.54, 1.807) is 0 Å². The summed E-state index contributed by atoms with van der Waals surface area (Å²) in [4.78, 5) is 0. The number of nitrogens with two attached hydrogens (primary N) is 1. The van der Waals surface area contributed by atoms with Crippen LogP contribution in [0.25, 0.3) is 0 Å². The Bertz CT molecular complexity index is 266. The van der Waals surface area contributed by atoms with Gasteiger partial charge < -0.3 is 15.8 Å². The van der Waals surface area contributed by atoms with Gasteiger partial charge in [-0.3, -0.25) is 0 Å². The van der Waals surface area contributed by atoms with E-state index in [0.29, 0.717) is 6.04 Å². The van der Waals surface area contributed by atoms with E-state index >= 15 is 0 Å². The number of rotatable bonds is 7. The maximum absolute atomic E-state index is 5.65. The first-order chi connectivity index (χ1) is 9.30. The maximum atomic E-state index is 5.65. The van der Waals surface area contributed by atoms with Crippen LogP contribution in [0.5, 0.6) is 0 Å². The van der Waals surface area contributed by atoms with Crippen LogP contribution in [0.1, 0.15) is 44.9 Å². The third kappa shape index (κ3) is 2.98. The molecule has 1 unspecified atom stereocenters. The third-order valence-corrected chi connectivity index (χ3v) is 5.78. The molecule has 4 rings (SSSR count). The van der Waals surface area contributed by atoms with Crippen molar-refractivity contribution < 1.29 is 4.74 Å². The first-order valence-corrected chi connectivity index (χ1v) is 8.25. The predicted molar refractivity (Wildman–Crippen MR) is 77.9 cm³/mol. The zero-order valence-corrected chi connectivity index (χ0v) is 12.3. The first kappa shape index (κ1) is 13.8. The first-order valence-electron chi connectivity index (χ1n) is 8.25. The summed E-state index contributed by atoms with van der Waals surface area (Å²) in [6.07, 6.45) is 9.75. The van der Waals surface area contributed by atoms with Gasteiger partial charge >= 0.3 is 0 Å². The van der Waals surface area contributed by atoms with Crippen molar-refractivity contribution in [3.63, 3.8) is 0 Å². The van der Waals surface area contributed by atoms with Crippen molar-refractivity contribution in [1.29, 1.82) is 0 Å². The normalized spacial score (nSPS) is 41.7. The molecular formula is C16H30N2O. The number of hydrogen-bond donors (Lipinski definition) is 2. The number of nitrogens with one attached hydrogen (secondary N) is 1. The summed E-state index contributed by atoms with van der Waals surface area (Å²) in [5.41, 5.74) is 5.65. The van der Waals surface area contributed by atoms with Gasteiger partial charge in [-0.25, -0.2) is 0 Å². The van der Waals surface area contributed by atoms with E-state index in [-0.39, 0.29) is 0 Å². The van der Waals surface area contributed by atoms with Crippen molar-refractivity contribution >= 4 is 0 Å². The van der Waals surface area contributed by atoms with Crippen LogP contribution in [0.2, 0.25) is 0 Å². The van der Waals surface area contributed by atoms with Gasteiger partial charge in [-0.05, 0) is 75.2 Å². The molecule has 19 heavy (non-hydrogen) atoms. The molecule has 3 N–H and O–H groups in total. The third-order valence-electron chi connectivity index (χ3n) is 5.78. The van der Waals surface area contributed by atoms with E-state index in [9.17, 15) is 0 Å². The topological polar surface area (TPSA) is 47.3 Å². The molecule has 4 saturated carbocycles. The average Bonchev–Trinajstić information content (AvgIpc) is 2.39. The van der Waals surface area contributed by atoms with Crippen LogP contribution in [0.15, 0.2) is 0 Å². The molecule has 3 heteroatoms. The standard InChI is InChI=1S/C16H30N2O/c1-19-10-15(3-2-4-17)18-16-13-6-11-5-12(8-13)9-14(16)7-11/h11-16,18H,2-10,17H2,1H3. The highest BCUT2D eigenvalue weighted by Gasteiger charge is 2.48. The van der Waals surface area contributed by atoms with E-state index < -0.39 is 0 Å². The lowest BCUT2D eigenvalue weighted by Crippen LogP contribution is -2.57. The van der Waals surface area contributed by atoms with E-state index in [1.165, 1.54) is 32.1 Å². The summed E-state index contributed by atoms with van der Waals surface area (Å²) in [6.45, 7) is 1.63. The van der Waals surface area contributed by atoms with Crippen molar-refractivity contribution in [2.75, 3.05) is 20.3 Å². The lowest BCUT2D eigenvalue weighted by atomic mass is 9.54. The Labute approximate surface area is 117 Å². The zero-order chi connectivity index (χ0) is 13.2. The Morgan fingerprint density at radius 3 is 2.26 bits per heavy atom. The Balaban J connectivity index is 1.58. The fourth-order valence-electron chi connectivity index (χ4n) is 5.25. The van der Waals surface area contributed by atoms with E-state index in [2.05, 4.69) is 5.32 Å². The quantitative estimate of drug-likeness (QED) is 0.742. The molecule has 4 bridgehead atoms. The fourth-order valence-corrected chi connectivity index (χ4v) is 5.25. The average molecular weight is 266 g/mol. The zero-order valence-electron chi connectivity index (χ0n) is 12.3. The molecule has 0 spiro atoms. The molecule has 0 aromatic rings. The molecule has 0 heterocycles. The molecule has 4 aliphatic carbocycles. The van der Waals surface area contributed by atoms with Gasteiger partial charge in [-0.15, -0.1) is 0 Å². The van der Waals surface area contributed by atoms with E-state index in [4.69, 9.17) is 10.5 Å². The highest BCUT2D eigenvalue weighted by atomic mass is 16.5. The number of hydrogen-bond acceptors (Lipinski definition) is 3. The second kappa shape index (κ2) is 6.11. The van der Waals surface area contributed by atoms with Gasteiger partial charge in [0.25, 0.3) is 0 Å². The second-order valence-electron chi connectivity index (χ2n) is 7.21. The molecular weight excluding hydrogens is 236 g/mol. The highest BCUT2D eigenvalue weighted by Crippen LogP contribution is 2.53. The van der Waals surface area contributed by atoms with Gasteiger partial charge in [0.1, 0.15) is 0 Å². The van der Waals surface area contributed by atoms with Gasteiger partial charge in [0.2, 0.25) is 0 Å². The molecule has 4 aliphatic rings. The Hall–Kier alpha value is -0.120. The van der Waals surface area contributed by atoms with Gasteiger partial charge in [0.05, 0.1) is 6.61 Å². The molecule has 0 amide bonds. The fraction of sp³-hybridized carbons (Fsp3) is 1.00. The van der Waals surface area contributed by atoms with Crippen LogP contribution in [-0.4, -0.2) is 32.3 Å². The van der Waals surface area contributed by atoms with E-state index in [0.717, 1.165) is 55.7 Å². The van der Waals surface area contributed by atoms with Crippen LogP contribution < -0.4 is 11.1 Å². The lowest BCUT2D eigenvalue weighted by Gasteiger charge is -2.55. The molecule has 0 aromatic carbocycles. The van der Waals surface area contributed by atoms with Gasteiger partial charge in [0.15, 0.2) is 0 Å². The molecule has 3 nitrogen and oxygen atoms in total. The monoisotopic (exact) mass is 266 g/mol. The molecule has 0 saturated heterocycles. The van der Waals surface area contributed by atoms with Crippen molar-refractivity contribution in [2.45, 2.75) is 57.0 Å². The van der Waals surface area contributed by atoms with Crippen molar-refractivity contribution in [3.8, 4) is 0 Å². The van der Waals surface area contributed by atoms with Gasteiger partial charge in [0, 0.05) is 19.2 Å². The SMILES string of the molecule is COCC(CCCN)NC1C2CC3CC(C2)CC1C3. The summed E-state index contributed by atoms with van der Waals surface area (Å²) in [6, 6.07) is 1.28. The molecule has 0 aliphatic heterocycles. The molecule has 0 aromatic heterocycles. The van der Waals surface area contributed by atoms with Crippen LogP contribution >= 0.6 is 0 Å². The van der Waals surface area contributed by atoms with Crippen molar-refractivity contribution in [2.24, 2.45) is 29.4 Å². The van der Waals surface area contributed by atoms with E-state index in [1.807, 2.05) is 7.11 Å². The minimum absolute atomic E-state index is 0.510. The van der Waals surface area contributed by atoms with Crippen LogP contribution in [-0.2, 0) is 4.74 Å². The van der Waals surface area contributed by atoms with Crippen LogP contribution in [0.3, 0.4) is 0 Å². The van der Waals surface area contributed by atoms with Crippen LogP contribution in [0.4, 0.5) is 0 Å². The van der Waals surface area contributed by atoms with Crippen LogP contribution in [0, 0.1) is 23.7 Å². The molecule has 110 valence electrons. The summed E-state index contributed by atoms with van der Waals surface area (Å²) in [7, 11) is 1.81. The smallest absolute Gasteiger partial charge is 0.0615 e. The minimum atomic E-state index is 0.510. The second-order valence-corrected chi connectivity index (χ2v) is 7.21. The molecule has 0 radical (unpaired) electrons. The molecule has 4 fully saturated rings. The highest BCUT2D eigenvalue weighted by molar-refractivity contribution is 5.02. The Morgan fingerprint density at radius 2 is 1.74 bits per heavy atom. The van der Waals surface area contributed by atoms with Crippen molar-refractivity contribution in [3.05, 3.63) is 0 Å². The number of methoxy groups -OCH3 is 1. The predicted octanol–water partition coefficient (Wildman–Crippen LogP) is 2.15. The van der Waals surface area contributed by atoms with Gasteiger partial charge in [-0.2, -0.15) is 0 Å². The molecule has 1 atom stereocenters. The number of ether oxygens (including phenoxy) is 1. The summed E-state index contributed by atoms with van der Waals surface area (Å²) < 4.78 is 5.39.